The highest BCUT2D eigenvalue weighted by Gasteiger charge is 2.31. The van der Waals surface area contributed by atoms with Crippen molar-refractivity contribution in [3.8, 4) is 22.5 Å². The number of carboxylic acid groups (broad SMARTS) is 1. The molecule has 4 heterocycles. The van der Waals surface area contributed by atoms with Crippen molar-refractivity contribution in [2.24, 2.45) is 0 Å². The molecule has 6 N–H and O–H groups in total. The second-order valence-corrected chi connectivity index (χ2v) is 12.9. The van der Waals surface area contributed by atoms with E-state index in [1.807, 2.05) is 12.1 Å². The van der Waals surface area contributed by atoms with E-state index in [-0.39, 0.29) is 55.4 Å². The average Bonchev–Trinajstić information content (AvgIpc) is 3.24. The van der Waals surface area contributed by atoms with Crippen molar-refractivity contribution in [3.63, 3.8) is 0 Å². The Labute approximate surface area is 340 Å². The summed E-state index contributed by atoms with van der Waals surface area (Å²) >= 11 is 0. The van der Waals surface area contributed by atoms with Crippen molar-refractivity contribution in [1.29, 1.82) is 0 Å². The van der Waals surface area contributed by atoms with Crippen LogP contribution in [0.4, 0.5) is 38.0 Å². The van der Waals surface area contributed by atoms with Gasteiger partial charge in [-0.3, -0.25) is 14.4 Å². The van der Waals surface area contributed by atoms with Gasteiger partial charge in [-0.15, -0.1) is 0 Å². The maximum absolute atomic E-state index is 13.1. The fourth-order valence-electron chi connectivity index (χ4n) is 5.94. The highest BCUT2D eigenvalue weighted by atomic mass is 19.4. The summed E-state index contributed by atoms with van der Waals surface area (Å²) in [6.07, 6.45) is -5.85. The van der Waals surface area contributed by atoms with E-state index in [1.165, 1.54) is 60.8 Å². The van der Waals surface area contributed by atoms with E-state index in [4.69, 9.17) is 5.73 Å². The summed E-state index contributed by atoms with van der Waals surface area (Å²) in [5.74, 6) is -0.841. The summed E-state index contributed by atoms with van der Waals surface area (Å²) in [6.45, 7) is 0. The van der Waals surface area contributed by atoms with E-state index < -0.39 is 46.2 Å². The van der Waals surface area contributed by atoms with Crippen LogP contribution in [-0.2, 0) is 12.4 Å². The molecule has 1 amide bonds. The molecule has 0 spiro atoms. The molecule has 11 nitrogen and oxygen atoms in total. The van der Waals surface area contributed by atoms with Gasteiger partial charge in [0.25, 0.3) is 5.91 Å². The molecular weight excluding hydrogens is 807 g/mol. The van der Waals surface area contributed by atoms with Crippen LogP contribution >= 0.6 is 0 Å². The predicted molar refractivity (Wildman–Crippen MR) is 218 cm³/mol. The number of nitrogens with one attached hydrogen (secondary N) is 3. The molecule has 0 fully saturated rings. The van der Waals surface area contributed by atoms with Gasteiger partial charge in [0.05, 0.1) is 33.3 Å². The number of nitrogen functional groups attached to an aromatic ring is 1. The number of halogens is 6. The number of hydrogen-bond acceptors (Lipinski definition) is 7. The number of anilines is 2. The Morgan fingerprint density at radius 2 is 1.05 bits per heavy atom. The average molecular weight is 837 g/mol. The van der Waals surface area contributed by atoms with Gasteiger partial charge in [-0.05, 0) is 83.9 Å². The number of H-pyrrole nitrogens is 2. The second-order valence-electron chi connectivity index (χ2n) is 12.9. The number of carbonyl (C=O) groups is 2. The first-order valence-corrected chi connectivity index (χ1v) is 17.8. The quantitative estimate of drug-likeness (QED) is 0.106. The van der Waals surface area contributed by atoms with E-state index in [9.17, 15) is 50.6 Å². The summed E-state index contributed by atoms with van der Waals surface area (Å²) in [5, 5.41) is 12.3. The third-order valence-electron chi connectivity index (χ3n) is 8.80. The topological polar surface area (TPSA) is 184 Å². The molecule has 8 rings (SSSR count). The smallest absolute Gasteiger partial charge is 0.416 e. The van der Waals surface area contributed by atoms with Crippen LogP contribution in [0.25, 0.3) is 44.3 Å². The second kappa shape index (κ2) is 17.8. The maximum atomic E-state index is 13.1. The Morgan fingerprint density at radius 1 is 0.574 bits per heavy atom. The SMILES string of the molecule is Nc1ccccn1.O=C(Nc1ccccn1)c1cccc2c(=O)cc(-c3cccc(C(F)(F)F)c3)[nH]c12.O=C(O)c1cccc2c(=O)cc(-c3cccc(C(F)(F)F)c3)[nH]c12. The van der Waals surface area contributed by atoms with Gasteiger partial charge in [0, 0.05) is 46.7 Å². The van der Waals surface area contributed by atoms with E-state index >= 15 is 0 Å². The lowest BCUT2D eigenvalue weighted by atomic mass is 10.0. The molecule has 0 radical (unpaired) electrons. The van der Waals surface area contributed by atoms with Gasteiger partial charge in [-0.25, -0.2) is 14.8 Å². The standard InChI is InChI=1S/C22H14F3N3O2.C17H10F3NO3.C5H6N2/c23-22(24,25)14-6-3-5-13(11-14)17-12-18(29)15-7-4-8-16(20(15)27-17)21(30)28-19-9-1-2-10-26-19;18-17(19,20)10-4-1-3-9(7-10)13-8-14(22)11-5-2-6-12(16(23)24)15(11)21-13;6-5-3-1-2-4-7-5/h1-12H,(H,27,29)(H,26,28,30);1-8H,(H,21,22)(H,23,24);1-4H,(H2,6,7). The number of nitrogens with two attached hydrogens (primary N) is 1. The van der Waals surface area contributed by atoms with Crippen LogP contribution in [0.5, 0.6) is 0 Å². The lowest BCUT2D eigenvalue weighted by Gasteiger charge is -2.11. The maximum Gasteiger partial charge on any atom is 0.416 e. The summed E-state index contributed by atoms with van der Waals surface area (Å²) in [6, 6.07) is 30.8. The van der Waals surface area contributed by atoms with Crippen LogP contribution in [0.3, 0.4) is 0 Å². The zero-order valence-electron chi connectivity index (χ0n) is 31.2. The number of nitrogens with zero attached hydrogens (tertiary/aromatic N) is 2. The third-order valence-corrected chi connectivity index (χ3v) is 8.80. The highest BCUT2D eigenvalue weighted by Crippen LogP contribution is 2.33. The van der Waals surface area contributed by atoms with E-state index in [0.29, 0.717) is 11.6 Å². The Morgan fingerprint density at radius 3 is 1.48 bits per heavy atom. The number of benzene rings is 4. The number of aromatic carboxylic acids is 1. The molecule has 0 saturated carbocycles. The van der Waals surface area contributed by atoms with Crippen LogP contribution < -0.4 is 21.9 Å². The number of aromatic nitrogens is 4. The number of aromatic amines is 2. The number of fused-ring (bicyclic) bond motifs is 2. The molecule has 0 aliphatic rings. The first-order chi connectivity index (χ1) is 29.0. The first kappa shape index (κ1) is 42.5. The Kier molecular flexibility index (Phi) is 12.4. The Hall–Kier alpha value is -8.08. The van der Waals surface area contributed by atoms with Crippen molar-refractivity contribution in [2.45, 2.75) is 12.4 Å². The molecule has 0 bridgehead atoms. The number of para-hydroxylation sites is 2. The third kappa shape index (κ3) is 10.3. The van der Waals surface area contributed by atoms with E-state index in [1.54, 1.807) is 42.6 Å². The van der Waals surface area contributed by atoms with Crippen molar-refractivity contribution in [1.82, 2.24) is 19.9 Å². The van der Waals surface area contributed by atoms with Gasteiger partial charge in [-0.2, -0.15) is 26.3 Å². The summed E-state index contributed by atoms with van der Waals surface area (Å²) in [4.78, 5) is 62.3. The van der Waals surface area contributed by atoms with Crippen molar-refractivity contribution >= 4 is 45.3 Å². The van der Waals surface area contributed by atoms with Gasteiger partial charge < -0.3 is 26.1 Å². The Bertz CT molecular complexity index is 2990. The van der Waals surface area contributed by atoms with Gasteiger partial charge in [0.1, 0.15) is 11.6 Å². The lowest BCUT2D eigenvalue weighted by molar-refractivity contribution is -0.138. The molecule has 61 heavy (non-hydrogen) atoms. The molecule has 8 aromatic rings. The minimum Gasteiger partial charge on any atom is -0.478 e. The molecule has 4 aromatic carbocycles. The largest absolute Gasteiger partial charge is 0.478 e. The number of hydrogen-bond donors (Lipinski definition) is 5. The van der Waals surface area contributed by atoms with Crippen LogP contribution in [-0.4, -0.2) is 36.9 Å². The fraction of sp³-hybridized carbons (Fsp3) is 0.0455. The molecule has 17 heteroatoms. The molecule has 0 aliphatic heterocycles. The van der Waals surface area contributed by atoms with Crippen molar-refractivity contribution in [3.05, 3.63) is 189 Å². The summed E-state index contributed by atoms with van der Waals surface area (Å²) < 4.78 is 77.7. The van der Waals surface area contributed by atoms with Crippen LogP contribution in [0.1, 0.15) is 31.8 Å². The number of alkyl halides is 6. The highest BCUT2D eigenvalue weighted by molar-refractivity contribution is 6.11. The minimum absolute atomic E-state index is 0.0740. The lowest BCUT2D eigenvalue weighted by Crippen LogP contribution is -2.15. The monoisotopic (exact) mass is 836 g/mol. The van der Waals surface area contributed by atoms with Gasteiger partial charge in [-0.1, -0.05) is 48.5 Å². The van der Waals surface area contributed by atoms with E-state index in [2.05, 4.69) is 25.3 Å². The Balaban J connectivity index is 0.000000179. The van der Waals surface area contributed by atoms with Gasteiger partial charge >= 0.3 is 18.3 Å². The van der Waals surface area contributed by atoms with Crippen molar-refractivity contribution < 1.29 is 41.0 Å². The number of pyridine rings is 4. The van der Waals surface area contributed by atoms with Crippen LogP contribution in [0.15, 0.2) is 155 Å². The van der Waals surface area contributed by atoms with Gasteiger partial charge in [0.2, 0.25) is 0 Å². The number of carbonyl (C=O) groups excluding carboxylic acids is 1. The normalized spacial score (nSPS) is 11.2. The van der Waals surface area contributed by atoms with E-state index in [0.717, 1.165) is 30.3 Å². The number of rotatable bonds is 5. The molecule has 308 valence electrons. The number of amides is 1. The molecule has 0 unspecified atom stereocenters. The zero-order chi connectivity index (χ0) is 43.9. The molecule has 0 saturated heterocycles. The van der Waals surface area contributed by atoms with Gasteiger partial charge in [0.15, 0.2) is 10.9 Å². The number of carboxylic acids is 1. The first-order valence-electron chi connectivity index (χ1n) is 17.8. The van der Waals surface area contributed by atoms with Crippen LogP contribution in [0.2, 0.25) is 0 Å². The minimum atomic E-state index is -4.51. The van der Waals surface area contributed by atoms with Crippen molar-refractivity contribution in [2.75, 3.05) is 11.1 Å². The molecular formula is C44H30F6N6O5. The fourth-order valence-corrected chi connectivity index (χ4v) is 5.94. The van der Waals surface area contributed by atoms with Crippen LogP contribution in [0, 0.1) is 0 Å². The predicted octanol–water partition coefficient (Wildman–Crippen LogP) is 9.44. The summed E-state index contributed by atoms with van der Waals surface area (Å²) in [7, 11) is 0. The molecule has 0 aliphatic carbocycles. The summed E-state index contributed by atoms with van der Waals surface area (Å²) in [5.41, 5.74) is 3.64. The molecule has 0 atom stereocenters. The zero-order valence-corrected chi connectivity index (χ0v) is 31.2. The molecule has 4 aromatic heterocycles.